The fraction of sp³-hybridized carbons (Fsp3) is 0.429. The molecule has 1 aliphatic heterocycles. The van der Waals surface area contributed by atoms with Gasteiger partial charge in [-0.2, -0.15) is 4.31 Å². The molecular weight excluding hydrogens is 406 g/mol. The summed E-state index contributed by atoms with van der Waals surface area (Å²) >= 11 is 1.32. The molecule has 1 amide bonds. The molecule has 1 aliphatic rings. The van der Waals surface area contributed by atoms with Crippen molar-refractivity contribution >= 4 is 27.7 Å². The smallest absolute Gasteiger partial charge is 0.244 e. The Morgan fingerprint density at radius 2 is 1.83 bits per heavy atom. The number of thioether (sulfide) groups is 1. The Labute approximate surface area is 177 Å². The monoisotopic (exact) mass is 433 g/mol. The first-order valence-electron chi connectivity index (χ1n) is 9.83. The Morgan fingerprint density at radius 3 is 2.45 bits per heavy atom. The highest BCUT2D eigenvalue weighted by atomic mass is 32.2. The van der Waals surface area contributed by atoms with E-state index in [1.54, 1.807) is 12.1 Å². The van der Waals surface area contributed by atoms with Crippen LogP contribution in [0.2, 0.25) is 0 Å². The van der Waals surface area contributed by atoms with Gasteiger partial charge in [-0.1, -0.05) is 49.0 Å². The predicted octanol–water partition coefficient (Wildman–Crippen LogP) is 3.27. The fourth-order valence-electron chi connectivity index (χ4n) is 3.20. The Balaban J connectivity index is 1.53. The van der Waals surface area contributed by atoms with E-state index in [9.17, 15) is 13.2 Å². The van der Waals surface area contributed by atoms with Crippen molar-refractivity contribution < 1.29 is 13.2 Å². The average molecular weight is 434 g/mol. The van der Waals surface area contributed by atoms with Gasteiger partial charge in [0.05, 0.1) is 10.3 Å². The second-order valence-electron chi connectivity index (χ2n) is 7.26. The Kier molecular flexibility index (Phi) is 7.32. The number of amides is 1. The van der Waals surface area contributed by atoms with Crippen LogP contribution in [-0.2, 0) is 14.8 Å². The van der Waals surface area contributed by atoms with Gasteiger partial charge < -0.3 is 5.32 Å². The standard InChI is InChI=1S/C21H27N3O3S2/c1-16(18-8-4-3-5-9-18)14-23-21(25)17(2)28-20-11-10-19(15-22-20)29(26,27)24-12-6-7-13-24/h3-5,8-11,15-17H,6-7,12-14H2,1-2H3,(H,23,25). The first kappa shape index (κ1) is 21.8. The summed E-state index contributed by atoms with van der Waals surface area (Å²) in [6.07, 6.45) is 3.18. The molecule has 2 unspecified atom stereocenters. The zero-order valence-corrected chi connectivity index (χ0v) is 18.4. The molecule has 1 saturated heterocycles. The van der Waals surface area contributed by atoms with Crippen LogP contribution in [0, 0.1) is 0 Å². The molecule has 2 heterocycles. The number of carbonyl (C=O) groups excluding carboxylic acids is 1. The highest BCUT2D eigenvalue weighted by Gasteiger charge is 2.27. The lowest BCUT2D eigenvalue weighted by molar-refractivity contribution is -0.120. The normalized spacial score (nSPS) is 17.0. The molecule has 156 valence electrons. The molecule has 1 N–H and O–H groups in total. The second-order valence-corrected chi connectivity index (χ2v) is 10.6. The predicted molar refractivity (Wildman–Crippen MR) is 115 cm³/mol. The van der Waals surface area contributed by atoms with E-state index < -0.39 is 10.0 Å². The third-order valence-corrected chi connectivity index (χ3v) is 7.96. The van der Waals surface area contributed by atoms with Gasteiger partial charge in [0.25, 0.3) is 0 Å². The molecule has 2 atom stereocenters. The molecule has 0 saturated carbocycles. The van der Waals surface area contributed by atoms with Gasteiger partial charge in [-0.05, 0) is 43.4 Å². The van der Waals surface area contributed by atoms with Crippen molar-refractivity contribution in [3.05, 3.63) is 54.2 Å². The summed E-state index contributed by atoms with van der Waals surface area (Å²) in [5, 5.41) is 3.29. The molecule has 0 bridgehead atoms. The number of aromatic nitrogens is 1. The quantitative estimate of drug-likeness (QED) is 0.647. The van der Waals surface area contributed by atoms with Crippen LogP contribution >= 0.6 is 11.8 Å². The summed E-state index contributed by atoms with van der Waals surface area (Å²) in [6.45, 7) is 5.60. The highest BCUT2D eigenvalue weighted by molar-refractivity contribution is 8.00. The number of benzene rings is 1. The van der Waals surface area contributed by atoms with Gasteiger partial charge in [0.1, 0.15) is 4.90 Å². The number of sulfonamides is 1. The summed E-state index contributed by atoms with van der Waals surface area (Å²) in [6, 6.07) is 13.3. The van der Waals surface area contributed by atoms with Crippen LogP contribution < -0.4 is 5.32 Å². The minimum absolute atomic E-state index is 0.0617. The molecule has 0 spiro atoms. The maximum atomic E-state index is 12.6. The van der Waals surface area contributed by atoms with Gasteiger partial charge in [0, 0.05) is 25.8 Å². The number of hydrogen-bond donors (Lipinski definition) is 1. The molecule has 1 fully saturated rings. The van der Waals surface area contributed by atoms with Crippen LogP contribution in [0.4, 0.5) is 0 Å². The number of pyridine rings is 1. The third kappa shape index (κ3) is 5.58. The lowest BCUT2D eigenvalue weighted by atomic mass is 10.0. The molecule has 1 aromatic heterocycles. The van der Waals surface area contributed by atoms with Gasteiger partial charge in [0.2, 0.25) is 15.9 Å². The van der Waals surface area contributed by atoms with Gasteiger partial charge >= 0.3 is 0 Å². The topological polar surface area (TPSA) is 79.4 Å². The summed E-state index contributed by atoms with van der Waals surface area (Å²) in [4.78, 5) is 16.9. The van der Waals surface area contributed by atoms with E-state index in [1.165, 1.54) is 27.8 Å². The van der Waals surface area contributed by atoms with Crippen molar-refractivity contribution in [2.24, 2.45) is 0 Å². The van der Waals surface area contributed by atoms with Crippen molar-refractivity contribution in [3.63, 3.8) is 0 Å². The van der Waals surface area contributed by atoms with Crippen molar-refractivity contribution in [2.75, 3.05) is 19.6 Å². The van der Waals surface area contributed by atoms with E-state index in [2.05, 4.69) is 29.4 Å². The van der Waals surface area contributed by atoms with Crippen molar-refractivity contribution in [3.8, 4) is 0 Å². The fourth-order valence-corrected chi connectivity index (χ4v) is 5.47. The van der Waals surface area contributed by atoms with Gasteiger partial charge in [0.15, 0.2) is 0 Å². The Morgan fingerprint density at radius 1 is 1.14 bits per heavy atom. The maximum absolute atomic E-state index is 12.6. The molecule has 29 heavy (non-hydrogen) atoms. The first-order chi connectivity index (χ1) is 13.9. The largest absolute Gasteiger partial charge is 0.355 e. The first-order valence-corrected chi connectivity index (χ1v) is 12.2. The molecule has 0 aliphatic carbocycles. The molecule has 6 nitrogen and oxygen atoms in total. The van der Waals surface area contributed by atoms with E-state index in [1.807, 2.05) is 25.1 Å². The van der Waals surface area contributed by atoms with E-state index in [4.69, 9.17) is 0 Å². The summed E-state index contributed by atoms with van der Waals surface area (Å²) in [5.41, 5.74) is 1.18. The number of nitrogens with zero attached hydrogens (tertiary/aromatic N) is 2. The van der Waals surface area contributed by atoms with Crippen molar-refractivity contribution in [1.29, 1.82) is 0 Å². The molecule has 1 aromatic carbocycles. The number of nitrogens with one attached hydrogen (secondary N) is 1. The number of carbonyl (C=O) groups is 1. The van der Waals surface area contributed by atoms with Crippen LogP contribution in [0.25, 0.3) is 0 Å². The summed E-state index contributed by atoms with van der Waals surface area (Å²) in [5.74, 6) is 0.166. The third-order valence-electron chi connectivity index (χ3n) is 5.03. The van der Waals surface area contributed by atoms with Crippen LogP contribution in [0.1, 0.15) is 38.2 Å². The minimum atomic E-state index is -3.46. The second kappa shape index (κ2) is 9.73. The molecule has 3 rings (SSSR count). The van der Waals surface area contributed by atoms with Gasteiger partial charge in [-0.25, -0.2) is 13.4 Å². The zero-order valence-electron chi connectivity index (χ0n) is 16.7. The maximum Gasteiger partial charge on any atom is 0.244 e. The summed E-state index contributed by atoms with van der Waals surface area (Å²) in [7, 11) is -3.46. The van der Waals surface area contributed by atoms with E-state index in [-0.39, 0.29) is 22.0 Å². The SMILES string of the molecule is CC(Sc1ccc(S(=O)(=O)N2CCCC2)cn1)C(=O)NCC(C)c1ccccc1. The van der Waals surface area contributed by atoms with Gasteiger partial charge in [-0.3, -0.25) is 4.79 Å². The lowest BCUT2D eigenvalue weighted by Gasteiger charge is -2.17. The molecule has 2 aromatic rings. The Hall–Kier alpha value is -1.90. The van der Waals surface area contributed by atoms with Crippen LogP contribution in [0.15, 0.2) is 58.6 Å². The van der Waals surface area contributed by atoms with E-state index in [0.717, 1.165) is 12.8 Å². The number of hydrogen-bond acceptors (Lipinski definition) is 5. The highest BCUT2D eigenvalue weighted by Crippen LogP contribution is 2.25. The molecule has 8 heteroatoms. The summed E-state index contributed by atoms with van der Waals surface area (Å²) < 4.78 is 26.6. The van der Waals surface area contributed by atoms with Crippen molar-refractivity contribution in [1.82, 2.24) is 14.6 Å². The molecular formula is C21H27N3O3S2. The number of rotatable bonds is 8. The van der Waals surface area contributed by atoms with E-state index in [0.29, 0.717) is 24.7 Å². The average Bonchev–Trinajstić information content (AvgIpc) is 3.28. The van der Waals surface area contributed by atoms with Crippen LogP contribution in [0.5, 0.6) is 0 Å². The Bertz CT molecular complexity index is 912. The molecule has 0 radical (unpaired) electrons. The van der Waals surface area contributed by atoms with Crippen LogP contribution in [0.3, 0.4) is 0 Å². The van der Waals surface area contributed by atoms with Crippen molar-refractivity contribution in [2.45, 2.75) is 47.8 Å². The van der Waals surface area contributed by atoms with Crippen LogP contribution in [-0.4, -0.2) is 48.5 Å². The van der Waals surface area contributed by atoms with E-state index >= 15 is 0 Å². The van der Waals surface area contributed by atoms with Gasteiger partial charge in [-0.15, -0.1) is 0 Å². The zero-order chi connectivity index (χ0) is 20.9. The minimum Gasteiger partial charge on any atom is -0.355 e. The lowest BCUT2D eigenvalue weighted by Crippen LogP contribution is -2.33.